The highest BCUT2D eigenvalue weighted by Crippen LogP contribution is 2.57. The first-order chi connectivity index (χ1) is 10.1. The highest BCUT2D eigenvalue weighted by Gasteiger charge is 2.63. The molecule has 2 saturated carbocycles. The number of rotatable bonds is 2. The summed E-state index contributed by atoms with van der Waals surface area (Å²) in [4.78, 5) is 24.7. The van der Waals surface area contributed by atoms with Gasteiger partial charge in [0.05, 0.1) is 11.8 Å². The zero-order chi connectivity index (χ0) is 14.7. The van der Waals surface area contributed by atoms with E-state index in [4.69, 9.17) is 4.74 Å². The SMILES string of the molecule is Cc1cccc(C)c1NC(=O)C1C2CC3OC(=O)C1C3C2. The molecule has 110 valence electrons. The summed E-state index contributed by atoms with van der Waals surface area (Å²) in [5.74, 6) is -0.0100. The molecule has 1 N–H and O–H groups in total. The fraction of sp³-hybridized carbons (Fsp3) is 0.529. The lowest BCUT2D eigenvalue weighted by molar-refractivity contribution is -0.145. The maximum atomic E-state index is 12.7. The number of ether oxygens (including phenoxy) is 1. The molecule has 4 heteroatoms. The normalized spacial score (nSPS) is 35.9. The Morgan fingerprint density at radius 2 is 1.95 bits per heavy atom. The third-order valence-electron chi connectivity index (χ3n) is 5.52. The van der Waals surface area contributed by atoms with E-state index in [-0.39, 0.29) is 35.7 Å². The average Bonchev–Trinajstić information content (AvgIpc) is 3.04. The molecule has 21 heavy (non-hydrogen) atoms. The number of benzene rings is 1. The first kappa shape index (κ1) is 12.9. The van der Waals surface area contributed by atoms with Crippen molar-refractivity contribution in [2.45, 2.75) is 32.8 Å². The number of carbonyl (C=O) groups is 2. The number of aryl methyl sites for hydroxylation is 2. The monoisotopic (exact) mass is 285 g/mol. The van der Waals surface area contributed by atoms with Crippen molar-refractivity contribution in [2.24, 2.45) is 23.7 Å². The first-order valence-electron chi connectivity index (χ1n) is 7.64. The smallest absolute Gasteiger partial charge is 0.310 e. The lowest BCUT2D eigenvalue weighted by Gasteiger charge is -2.24. The second kappa shape index (κ2) is 4.33. The molecule has 1 aromatic carbocycles. The summed E-state index contributed by atoms with van der Waals surface area (Å²) in [6, 6.07) is 5.96. The zero-order valence-corrected chi connectivity index (χ0v) is 12.3. The molecule has 1 heterocycles. The number of hydrogen-bond donors (Lipinski definition) is 1. The number of nitrogens with one attached hydrogen (secondary N) is 1. The van der Waals surface area contributed by atoms with Gasteiger partial charge >= 0.3 is 5.97 Å². The topological polar surface area (TPSA) is 55.4 Å². The van der Waals surface area contributed by atoms with Crippen LogP contribution < -0.4 is 5.32 Å². The van der Waals surface area contributed by atoms with Crippen molar-refractivity contribution in [2.75, 3.05) is 5.32 Å². The third-order valence-corrected chi connectivity index (χ3v) is 5.52. The van der Waals surface area contributed by atoms with E-state index in [1.165, 1.54) is 0 Å². The maximum Gasteiger partial charge on any atom is 0.310 e. The third kappa shape index (κ3) is 1.74. The lowest BCUT2D eigenvalue weighted by atomic mass is 9.79. The summed E-state index contributed by atoms with van der Waals surface area (Å²) in [6.07, 6.45) is 1.90. The van der Waals surface area contributed by atoms with E-state index in [0.717, 1.165) is 29.7 Å². The minimum atomic E-state index is -0.210. The standard InChI is InChI=1S/C17H19NO3/c1-8-4-3-5-9(2)15(8)18-16(19)13-10-6-11-12(7-10)21-17(20)14(11)13/h3-5,10-14H,6-7H2,1-2H3,(H,18,19). The summed E-state index contributed by atoms with van der Waals surface area (Å²) in [7, 11) is 0. The Morgan fingerprint density at radius 3 is 2.67 bits per heavy atom. The Hall–Kier alpha value is -1.84. The first-order valence-corrected chi connectivity index (χ1v) is 7.64. The van der Waals surface area contributed by atoms with E-state index in [2.05, 4.69) is 5.32 Å². The molecule has 2 aliphatic carbocycles. The van der Waals surface area contributed by atoms with Crippen LogP contribution in [0.3, 0.4) is 0 Å². The minimum absolute atomic E-state index is 0.0119. The van der Waals surface area contributed by atoms with Crippen molar-refractivity contribution >= 4 is 17.6 Å². The van der Waals surface area contributed by atoms with Crippen LogP contribution in [-0.4, -0.2) is 18.0 Å². The van der Waals surface area contributed by atoms with Crippen LogP contribution in [0.4, 0.5) is 5.69 Å². The van der Waals surface area contributed by atoms with E-state index >= 15 is 0 Å². The van der Waals surface area contributed by atoms with Crippen molar-refractivity contribution in [3.05, 3.63) is 29.3 Å². The Balaban J connectivity index is 1.60. The molecule has 1 aliphatic heterocycles. The van der Waals surface area contributed by atoms with E-state index < -0.39 is 0 Å². The zero-order valence-electron chi connectivity index (χ0n) is 12.3. The minimum Gasteiger partial charge on any atom is -0.462 e. The van der Waals surface area contributed by atoms with Crippen LogP contribution in [-0.2, 0) is 14.3 Å². The van der Waals surface area contributed by atoms with Gasteiger partial charge in [-0.15, -0.1) is 0 Å². The van der Waals surface area contributed by atoms with Gasteiger partial charge in [-0.3, -0.25) is 9.59 Å². The van der Waals surface area contributed by atoms with Crippen molar-refractivity contribution < 1.29 is 14.3 Å². The highest BCUT2D eigenvalue weighted by molar-refractivity contribution is 5.97. The molecule has 0 radical (unpaired) electrons. The van der Waals surface area contributed by atoms with E-state index in [9.17, 15) is 9.59 Å². The summed E-state index contributed by atoms with van der Waals surface area (Å²) < 4.78 is 5.40. The summed E-state index contributed by atoms with van der Waals surface area (Å²) in [6.45, 7) is 3.98. The van der Waals surface area contributed by atoms with Crippen LogP contribution in [0, 0.1) is 37.5 Å². The average molecular weight is 285 g/mol. The van der Waals surface area contributed by atoms with Crippen molar-refractivity contribution in [1.82, 2.24) is 0 Å². The molecular formula is C17H19NO3. The molecule has 0 aromatic heterocycles. The van der Waals surface area contributed by atoms with Gasteiger partial charge in [0.25, 0.3) is 0 Å². The van der Waals surface area contributed by atoms with Crippen LogP contribution in [0.1, 0.15) is 24.0 Å². The number of esters is 1. The Kier molecular flexibility index (Phi) is 2.65. The maximum absolute atomic E-state index is 12.7. The molecule has 3 aliphatic rings. The van der Waals surface area contributed by atoms with Crippen molar-refractivity contribution in [3.8, 4) is 0 Å². The Bertz CT molecular complexity index is 617. The van der Waals surface area contributed by atoms with E-state index in [0.29, 0.717) is 5.92 Å². The van der Waals surface area contributed by atoms with Gasteiger partial charge in [0.15, 0.2) is 0 Å². The van der Waals surface area contributed by atoms with Crippen LogP contribution in [0.5, 0.6) is 0 Å². The molecular weight excluding hydrogens is 266 g/mol. The van der Waals surface area contributed by atoms with Gasteiger partial charge < -0.3 is 10.1 Å². The molecule has 4 nitrogen and oxygen atoms in total. The molecule has 5 unspecified atom stereocenters. The van der Waals surface area contributed by atoms with E-state index in [1.54, 1.807) is 0 Å². The predicted octanol–water partition coefficient (Wildman–Crippen LogP) is 2.44. The number of carbonyl (C=O) groups excluding carboxylic acids is 2. The highest BCUT2D eigenvalue weighted by atomic mass is 16.6. The molecule has 0 spiro atoms. The fourth-order valence-electron chi connectivity index (χ4n) is 4.58. The fourth-order valence-corrected chi connectivity index (χ4v) is 4.58. The van der Waals surface area contributed by atoms with Crippen molar-refractivity contribution in [3.63, 3.8) is 0 Å². The molecule has 1 aromatic rings. The lowest BCUT2D eigenvalue weighted by Crippen LogP contribution is -2.36. The van der Waals surface area contributed by atoms with Gasteiger partial charge in [0.1, 0.15) is 6.10 Å². The van der Waals surface area contributed by atoms with Gasteiger partial charge in [-0.25, -0.2) is 0 Å². The van der Waals surface area contributed by atoms with Gasteiger partial charge in [-0.1, -0.05) is 18.2 Å². The summed E-state index contributed by atoms with van der Waals surface area (Å²) in [5.41, 5.74) is 2.99. The Morgan fingerprint density at radius 1 is 1.24 bits per heavy atom. The number of hydrogen-bond acceptors (Lipinski definition) is 3. The van der Waals surface area contributed by atoms with Crippen LogP contribution in [0.25, 0.3) is 0 Å². The van der Waals surface area contributed by atoms with E-state index in [1.807, 2.05) is 32.0 Å². The molecule has 1 amide bonds. The summed E-state index contributed by atoms with van der Waals surface area (Å²) in [5, 5.41) is 3.06. The number of fused-ring (bicyclic) bond motifs is 1. The van der Waals surface area contributed by atoms with Gasteiger partial charge in [0.2, 0.25) is 5.91 Å². The quantitative estimate of drug-likeness (QED) is 0.849. The summed E-state index contributed by atoms with van der Waals surface area (Å²) >= 11 is 0. The number of amides is 1. The van der Waals surface area contributed by atoms with Crippen LogP contribution in [0.15, 0.2) is 18.2 Å². The number of para-hydroxylation sites is 1. The molecule has 2 bridgehead atoms. The molecule has 4 rings (SSSR count). The van der Waals surface area contributed by atoms with Crippen LogP contribution >= 0.6 is 0 Å². The van der Waals surface area contributed by atoms with Gasteiger partial charge in [-0.05, 0) is 43.7 Å². The van der Waals surface area contributed by atoms with Crippen molar-refractivity contribution in [1.29, 1.82) is 0 Å². The molecule has 5 atom stereocenters. The van der Waals surface area contributed by atoms with Gasteiger partial charge in [-0.2, -0.15) is 0 Å². The molecule has 1 saturated heterocycles. The number of anilines is 1. The van der Waals surface area contributed by atoms with Crippen LogP contribution in [0.2, 0.25) is 0 Å². The molecule has 3 fully saturated rings. The van der Waals surface area contributed by atoms with Gasteiger partial charge in [0, 0.05) is 11.6 Å². The second-order valence-electron chi connectivity index (χ2n) is 6.68. The second-order valence-corrected chi connectivity index (χ2v) is 6.68. The predicted molar refractivity (Wildman–Crippen MR) is 77.6 cm³/mol. The largest absolute Gasteiger partial charge is 0.462 e. The Labute approximate surface area is 123 Å².